The number of fused-ring (bicyclic) bond motifs is 7. The largest absolute Gasteiger partial charge is 0.481 e. The highest BCUT2D eigenvalue weighted by molar-refractivity contribution is 5.95. The molecule has 0 unspecified atom stereocenters. The molecule has 2 aliphatic heterocycles. The summed E-state index contributed by atoms with van der Waals surface area (Å²) in [6.07, 6.45) is -12.2. The third-order valence-electron chi connectivity index (χ3n) is 17.2. The molecule has 16 nitrogen and oxygen atoms in total. The van der Waals surface area contributed by atoms with Crippen LogP contribution in [0.15, 0.2) is 11.6 Å². The summed E-state index contributed by atoms with van der Waals surface area (Å²) in [5.41, 5.74) is -1.81. The maximum atomic E-state index is 14.8. The van der Waals surface area contributed by atoms with Gasteiger partial charge < -0.3 is 59.8 Å². The first-order chi connectivity index (χ1) is 26.8. The van der Waals surface area contributed by atoms with Gasteiger partial charge in [-0.15, -0.1) is 0 Å². The van der Waals surface area contributed by atoms with Crippen LogP contribution in [0, 0.1) is 50.2 Å². The number of hydrogen-bond acceptors (Lipinski definition) is 13. The first-order valence-corrected chi connectivity index (χ1v) is 20.7. The Balaban J connectivity index is 1.17. The molecule has 2 heterocycles. The first kappa shape index (κ1) is 43.5. The summed E-state index contributed by atoms with van der Waals surface area (Å²) in [5, 5.41) is 83.0. The third-order valence-corrected chi connectivity index (χ3v) is 17.2. The fraction of sp³-hybridized carbons (Fsp3) is 0.857. The molecular formula is C42H62O16. The van der Waals surface area contributed by atoms with Gasteiger partial charge >= 0.3 is 17.9 Å². The molecule has 7 rings (SSSR count). The normalized spacial score (nSPS) is 52.6. The number of carboxylic acid groups (broad SMARTS) is 3. The number of rotatable bonds is 7. The summed E-state index contributed by atoms with van der Waals surface area (Å²) in [4.78, 5) is 51.3. The molecule has 2 saturated heterocycles. The minimum absolute atomic E-state index is 0.0217. The van der Waals surface area contributed by atoms with Gasteiger partial charge in [0.2, 0.25) is 0 Å². The van der Waals surface area contributed by atoms with E-state index in [0.29, 0.717) is 25.7 Å². The van der Waals surface area contributed by atoms with E-state index < -0.39 is 107 Å². The van der Waals surface area contributed by atoms with Crippen LogP contribution >= 0.6 is 0 Å². The van der Waals surface area contributed by atoms with Crippen LogP contribution in [0.3, 0.4) is 0 Å². The van der Waals surface area contributed by atoms with E-state index in [9.17, 15) is 60.0 Å². The van der Waals surface area contributed by atoms with Crippen molar-refractivity contribution in [1.82, 2.24) is 0 Å². The molecule has 58 heavy (non-hydrogen) atoms. The Hall–Kier alpha value is -2.54. The third kappa shape index (κ3) is 6.25. The van der Waals surface area contributed by atoms with Crippen LogP contribution in [-0.2, 0) is 38.1 Å². The highest BCUT2D eigenvalue weighted by Gasteiger charge is 2.71. The number of hydrogen-bond donors (Lipinski definition) is 8. The van der Waals surface area contributed by atoms with Crippen LogP contribution in [0.2, 0.25) is 0 Å². The number of carbonyl (C=O) groups is 4. The Morgan fingerprint density at radius 2 is 1.28 bits per heavy atom. The number of aliphatic hydroxyl groups excluding tert-OH is 5. The van der Waals surface area contributed by atoms with Crippen LogP contribution in [0.1, 0.15) is 106 Å². The van der Waals surface area contributed by atoms with E-state index in [1.807, 2.05) is 26.8 Å². The van der Waals surface area contributed by atoms with Gasteiger partial charge in [-0.25, -0.2) is 9.59 Å². The molecule has 6 fully saturated rings. The van der Waals surface area contributed by atoms with E-state index in [1.165, 1.54) is 0 Å². The van der Waals surface area contributed by atoms with Crippen LogP contribution < -0.4 is 0 Å². The summed E-state index contributed by atoms with van der Waals surface area (Å²) >= 11 is 0. The molecule has 0 bridgehead atoms. The highest BCUT2D eigenvalue weighted by Crippen LogP contribution is 2.75. The fourth-order valence-electron chi connectivity index (χ4n) is 13.4. The van der Waals surface area contributed by atoms with Gasteiger partial charge in [0.15, 0.2) is 30.6 Å². The van der Waals surface area contributed by atoms with Crippen LogP contribution in [-0.4, -0.2) is 132 Å². The molecule has 326 valence electrons. The summed E-state index contributed by atoms with van der Waals surface area (Å²) in [6, 6.07) is 0. The minimum Gasteiger partial charge on any atom is -0.481 e. The van der Waals surface area contributed by atoms with E-state index in [4.69, 9.17) is 18.9 Å². The number of ether oxygens (including phenoxy) is 4. The molecule has 0 radical (unpaired) electrons. The number of aliphatic hydroxyl groups is 5. The SMILES string of the molecule is CC1(C)[C@@H](O[C@@H]2O[C@H](C(=O)O)[C@H](O)[C@H](O)[C@@H]2O[C@@H]2O[C@H](C(=O)O)[C@H](O)[C@H](O)[C@@H]2O)CC[C@@]2(C)[C@H]3C(=O)C=C4[C@@H]5C[C@@](C)(C(=O)O)CC[C@]5(C)CC[C@@]4(C)[C@]3(C)CC[C@@H]12. The number of allylic oxidation sites excluding steroid dienone is 2. The molecule has 5 aliphatic carbocycles. The van der Waals surface area contributed by atoms with Gasteiger partial charge in [-0.1, -0.05) is 47.1 Å². The van der Waals surface area contributed by atoms with Crippen LogP contribution in [0.4, 0.5) is 0 Å². The van der Waals surface area contributed by atoms with Crippen molar-refractivity contribution in [3.63, 3.8) is 0 Å². The highest BCUT2D eigenvalue weighted by atomic mass is 16.8. The van der Waals surface area contributed by atoms with Crippen LogP contribution in [0.25, 0.3) is 0 Å². The van der Waals surface area contributed by atoms with Crippen molar-refractivity contribution in [3.8, 4) is 0 Å². The predicted molar refractivity (Wildman–Crippen MR) is 199 cm³/mol. The molecule has 7 aliphatic rings. The molecule has 8 N–H and O–H groups in total. The van der Waals surface area contributed by atoms with Gasteiger partial charge in [0.25, 0.3) is 0 Å². The van der Waals surface area contributed by atoms with Gasteiger partial charge in [0.05, 0.1) is 11.5 Å². The first-order valence-electron chi connectivity index (χ1n) is 20.7. The van der Waals surface area contributed by atoms with Crippen molar-refractivity contribution in [1.29, 1.82) is 0 Å². The second-order valence-electron chi connectivity index (χ2n) is 20.6. The average molecular weight is 823 g/mol. The van der Waals surface area contributed by atoms with Crippen molar-refractivity contribution in [3.05, 3.63) is 11.6 Å². The van der Waals surface area contributed by atoms with Crippen molar-refractivity contribution in [2.45, 2.75) is 174 Å². The summed E-state index contributed by atoms with van der Waals surface area (Å²) in [5.74, 6) is -4.47. The standard InChI is InChI=1S/C42H62O16/c1-37(2)21-8-11-42(7)31(20(43)16-18-19-17-39(4,36(53)54)13-12-38(19,3)14-15-41(18,42)6)40(21,5)10-9-22(37)55-35-30(26(47)25(46)29(57-35)33(51)52)58-34-27(48)23(44)24(45)28(56-34)32(49)50/h16,19,21-31,34-35,44-48H,8-15,17H2,1-7H3,(H,49,50)(H,51,52)(H,53,54)/t19-,21-,22-,23-,24+,25+,26-,27-,28-,29-,30-,31+,34-,35+,38+,39-,40+,41+,42+/m0/s1. The molecule has 0 aromatic rings. The van der Waals surface area contributed by atoms with E-state index >= 15 is 0 Å². The summed E-state index contributed by atoms with van der Waals surface area (Å²) < 4.78 is 23.4. The molecule has 0 spiro atoms. The Morgan fingerprint density at radius 3 is 1.88 bits per heavy atom. The number of carboxylic acids is 3. The number of ketones is 1. The van der Waals surface area contributed by atoms with Gasteiger partial charge in [0, 0.05) is 5.92 Å². The van der Waals surface area contributed by atoms with Crippen molar-refractivity contribution in [2.75, 3.05) is 0 Å². The average Bonchev–Trinajstić information content (AvgIpc) is 3.13. The zero-order valence-electron chi connectivity index (χ0n) is 34.4. The van der Waals surface area contributed by atoms with E-state index in [-0.39, 0.29) is 34.4 Å². The monoisotopic (exact) mass is 822 g/mol. The second-order valence-corrected chi connectivity index (χ2v) is 20.6. The molecular weight excluding hydrogens is 760 g/mol. The molecule has 0 aromatic carbocycles. The van der Waals surface area contributed by atoms with Crippen molar-refractivity contribution in [2.24, 2.45) is 50.2 Å². The molecule has 0 aromatic heterocycles. The Kier molecular flexibility index (Phi) is 10.7. The van der Waals surface area contributed by atoms with Gasteiger partial charge in [-0.3, -0.25) is 9.59 Å². The van der Waals surface area contributed by atoms with Gasteiger partial charge in [-0.05, 0) is 110 Å². The Bertz CT molecular complexity index is 1730. The maximum absolute atomic E-state index is 14.8. The molecule has 19 atom stereocenters. The van der Waals surface area contributed by atoms with E-state index in [2.05, 4.69) is 27.7 Å². The smallest absolute Gasteiger partial charge is 0.335 e. The second kappa shape index (κ2) is 14.3. The topological polar surface area (TPSA) is 267 Å². The van der Waals surface area contributed by atoms with Crippen LogP contribution in [0.5, 0.6) is 0 Å². The van der Waals surface area contributed by atoms with E-state index in [0.717, 1.165) is 37.7 Å². The molecule has 16 heteroatoms. The quantitative estimate of drug-likeness (QED) is 0.171. The number of aliphatic carboxylic acids is 3. The van der Waals surface area contributed by atoms with Crippen molar-refractivity contribution >= 4 is 23.7 Å². The lowest BCUT2D eigenvalue weighted by atomic mass is 9.33. The number of carbonyl (C=O) groups excluding carboxylic acids is 1. The Morgan fingerprint density at radius 1 is 0.690 bits per heavy atom. The summed E-state index contributed by atoms with van der Waals surface area (Å²) in [6.45, 7) is 14.8. The fourth-order valence-corrected chi connectivity index (χ4v) is 13.4. The Labute approximate surface area is 337 Å². The van der Waals surface area contributed by atoms with Crippen molar-refractivity contribution < 1.29 is 79.0 Å². The lowest BCUT2D eigenvalue weighted by Gasteiger charge is -2.70. The zero-order chi connectivity index (χ0) is 42.9. The van der Waals surface area contributed by atoms with Gasteiger partial charge in [0.1, 0.15) is 36.6 Å². The minimum atomic E-state index is -2.05. The lowest BCUT2D eigenvalue weighted by Crippen LogP contribution is -2.68. The lowest BCUT2D eigenvalue weighted by molar-refractivity contribution is -0.371. The maximum Gasteiger partial charge on any atom is 0.335 e. The molecule has 4 saturated carbocycles. The zero-order valence-corrected chi connectivity index (χ0v) is 34.4. The summed E-state index contributed by atoms with van der Waals surface area (Å²) in [7, 11) is 0. The predicted octanol–water partition coefficient (Wildman–Crippen LogP) is 2.25. The van der Waals surface area contributed by atoms with Gasteiger partial charge in [-0.2, -0.15) is 0 Å². The molecule has 0 amide bonds. The van der Waals surface area contributed by atoms with E-state index in [1.54, 1.807) is 0 Å².